The van der Waals surface area contributed by atoms with E-state index in [1.54, 1.807) is 11.0 Å². The topological polar surface area (TPSA) is 55.6 Å². The zero-order valence-electron chi connectivity index (χ0n) is 11.6. The first kappa shape index (κ1) is 14.0. The first-order valence-corrected chi connectivity index (χ1v) is 6.96. The Labute approximate surface area is 120 Å². The minimum atomic E-state index is -2.67. The number of nitro benzene ring substituents is 1. The lowest BCUT2D eigenvalue weighted by molar-refractivity contribution is -0.384. The summed E-state index contributed by atoms with van der Waals surface area (Å²) in [5.74, 6) is -2.05. The van der Waals surface area contributed by atoms with Crippen molar-refractivity contribution in [2.24, 2.45) is 0 Å². The van der Waals surface area contributed by atoms with Gasteiger partial charge in [-0.1, -0.05) is 0 Å². The first-order chi connectivity index (χ1) is 9.85. The van der Waals surface area contributed by atoms with Gasteiger partial charge < -0.3 is 9.64 Å². The molecule has 3 rings (SSSR count). The number of fused-ring (bicyclic) bond motifs is 1. The molecule has 1 unspecified atom stereocenters. The quantitative estimate of drug-likeness (QED) is 0.621. The lowest BCUT2D eigenvalue weighted by Crippen LogP contribution is -2.39. The number of anilines is 1. The van der Waals surface area contributed by atoms with Crippen molar-refractivity contribution in [1.82, 2.24) is 0 Å². The summed E-state index contributed by atoms with van der Waals surface area (Å²) < 4.78 is 32.1. The highest BCUT2D eigenvalue weighted by molar-refractivity contribution is 5.69. The monoisotopic (exact) mass is 298 g/mol. The Morgan fingerprint density at radius 1 is 1.38 bits per heavy atom. The molecule has 5 nitrogen and oxygen atoms in total. The number of halogens is 2. The van der Waals surface area contributed by atoms with Crippen molar-refractivity contribution in [1.29, 1.82) is 0 Å². The molecule has 0 N–H and O–H groups in total. The summed E-state index contributed by atoms with van der Waals surface area (Å²) in [7, 11) is 0. The number of nitro groups is 1. The third-order valence-electron chi connectivity index (χ3n) is 4.03. The van der Waals surface area contributed by atoms with Crippen LogP contribution in [0.5, 0.6) is 5.75 Å². The minimum Gasteiger partial charge on any atom is -0.490 e. The van der Waals surface area contributed by atoms with Crippen LogP contribution in [0.1, 0.15) is 25.3 Å². The molecule has 0 spiro atoms. The molecule has 21 heavy (non-hydrogen) atoms. The van der Waals surface area contributed by atoms with E-state index >= 15 is 0 Å². The van der Waals surface area contributed by atoms with Gasteiger partial charge in [0.05, 0.1) is 4.92 Å². The van der Waals surface area contributed by atoms with Crippen LogP contribution in [0.2, 0.25) is 0 Å². The van der Waals surface area contributed by atoms with Gasteiger partial charge in [-0.15, -0.1) is 0 Å². The predicted molar refractivity (Wildman–Crippen MR) is 73.3 cm³/mol. The highest BCUT2D eigenvalue weighted by Gasteiger charge is 2.36. The zero-order valence-corrected chi connectivity index (χ0v) is 11.6. The van der Waals surface area contributed by atoms with Crippen molar-refractivity contribution in [3.63, 3.8) is 0 Å². The summed E-state index contributed by atoms with van der Waals surface area (Å²) >= 11 is 0. The molecule has 1 aromatic rings. The minimum absolute atomic E-state index is 0.0134. The summed E-state index contributed by atoms with van der Waals surface area (Å²) in [6.07, 6.45) is 0.0615. The Bertz CT molecular complexity index is 582. The molecule has 0 radical (unpaired) electrons. The van der Waals surface area contributed by atoms with Gasteiger partial charge in [0.25, 0.3) is 11.6 Å². The zero-order chi connectivity index (χ0) is 15.2. The fraction of sp³-hybridized carbons (Fsp3) is 0.571. The third kappa shape index (κ3) is 2.64. The Morgan fingerprint density at radius 3 is 2.67 bits per heavy atom. The third-order valence-corrected chi connectivity index (χ3v) is 4.03. The maximum Gasteiger partial charge on any atom is 0.293 e. The molecule has 114 valence electrons. The summed E-state index contributed by atoms with van der Waals surface area (Å²) in [4.78, 5) is 12.5. The van der Waals surface area contributed by atoms with E-state index in [1.807, 2.05) is 6.92 Å². The molecule has 0 saturated carbocycles. The predicted octanol–water partition coefficient (Wildman–Crippen LogP) is 3.15. The van der Waals surface area contributed by atoms with Gasteiger partial charge in [-0.05, 0) is 6.92 Å². The summed E-state index contributed by atoms with van der Waals surface area (Å²) in [6.45, 7) is 2.12. The van der Waals surface area contributed by atoms with E-state index in [4.69, 9.17) is 4.74 Å². The molecule has 2 aliphatic heterocycles. The van der Waals surface area contributed by atoms with E-state index in [9.17, 15) is 18.9 Å². The standard InChI is InChI=1S/C14H16F2N2O3/c1-9-6-10-7-12(18(19)20)11(8-13(10)21-9)17-4-2-14(15,16)3-5-17/h7-9H,2-6H2,1H3. The van der Waals surface area contributed by atoms with E-state index in [-0.39, 0.29) is 37.7 Å². The van der Waals surface area contributed by atoms with Gasteiger partial charge in [0.2, 0.25) is 0 Å². The molecule has 0 amide bonds. The number of piperidine rings is 1. The molecule has 1 saturated heterocycles. The number of hydrogen-bond donors (Lipinski definition) is 0. The van der Waals surface area contributed by atoms with E-state index in [1.165, 1.54) is 6.07 Å². The van der Waals surface area contributed by atoms with Crippen molar-refractivity contribution in [2.45, 2.75) is 38.2 Å². The second kappa shape index (κ2) is 4.82. The van der Waals surface area contributed by atoms with Crippen molar-refractivity contribution >= 4 is 11.4 Å². The lowest BCUT2D eigenvalue weighted by atomic mass is 10.0. The first-order valence-electron chi connectivity index (χ1n) is 6.96. The fourth-order valence-corrected chi connectivity index (χ4v) is 2.91. The Kier molecular flexibility index (Phi) is 3.22. The van der Waals surface area contributed by atoms with E-state index in [2.05, 4.69) is 0 Å². The van der Waals surface area contributed by atoms with E-state index in [0.717, 1.165) is 5.56 Å². The second-order valence-corrected chi connectivity index (χ2v) is 5.68. The van der Waals surface area contributed by atoms with Crippen molar-refractivity contribution in [3.05, 3.63) is 27.8 Å². The van der Waals surface area contributed by atoms with Crippen LogP contribution in [0.25, 0.3) is 0 Å². The lowest BCUT2D eigenvalue weighted by Gasteiger charge is -2.33. The van der Waals surface area contributed by atoms with Crippen LogP contribution in [0.4, 0.5) is 20.2 Å². The highest BCUT2D eigenvalue weighted by Crippen LogP contribution is 2.41. The van der Waals surface area contributed by atoms with Gasteiger partial charge >= 0.3 is 0 Å². The van der Waals surface area contributed by atoms with Gasteiger partial charge in [0, 0.05) is 50.0 Å². The molecule has 2 aliphatic rings. The Balaban J connectivity index is 1.94. The van der Waals surface area contributed by atoms with Crippen LogP contribution >= 0.6 is 0 Å². The van der Waals surface area contributed by atoms with Crippen molar-refractivity contribution < 1.29 is 18.4 Å². The molecule has 0 bridgehead atoms. The fourth-order valence-electron chi connectivity index (χ4n) is 2.91. The molecular formula is C14H16F2N2O3. The van der Waals surface area contributed by atoms with Crippen molar-refractivity contribution in [2.75, 3.05) is 18.0 Å². The van der Waals surface area contributed by atoms with Crippen LogP contribution in [0.3, 0.4) is 0 Å². The number of nitrogens with zero attached hydrogens (tertiary/aromatic N) is 2. The number of ether oxygens (including phenoxy) is 1. The van der Waals surface area contributed by atoms with Gasteiger partial charge in [0.15, 0.2) is 0 Å². The number of alkyl halides is 2. The van der Waals surface area contributed by atoms with Crippen molar-refractivity contribution in [3.8, 4) is 5.75 Å². The normalized spacial score (nSPS) is 23.6. The average Bonchev–Trinajstić information content (AvgIpc) is 2.76. The second-order valence-electron chi connectivity index (χ2n) is 5.68. The molecule has 1 aromatic carbocycles. The molecule has 1 atom stereocenters. The summed E-state index contributed by atoms with van der Waals surface area (Å²) in [5, 5.41) is 11.3. The van der Waals surface area contributed by atoms with Gasteiger partial charge in [-0.25, -0.2) is 8.78 Å². The van der Waals surface area contributed by atoms with Gasteiger partial charge in [-0.3, -0.25) is 10.1 Å². The Hall–Kier alpha value is -1.92. The van der Waals surface area contributed by atoms with E-state index in [0.29, 0.717) is 17.9 Å². The number of benzene rings is 1. The van der Waals surface area contributed by atoms with Gasteiger partial charge in [-0.2, -0.15) is 0 Å². The smallest absolute Gasteiger partial charge is 0.293 e. The summed E-state index contributed by atoms with van der Waals surface area (Å²) in [5.41, 5.74) is 1.15. The molecule has 7 heteroatoms. The summed E-state index contributed by atoms with van der Waals surface area (Å²) in [6, 6.07) is 3.14. The van der Waals surface area contributed by atoms with Crippen LogP contribution < -0.4 is 9.64 Å². The van der Waals surface area contributed by atoms with Crippen LogP contribution in [-0.4, -0.2) is 30.0 Å². The molecule has 1 fully saturated rings. The maximum absolute atomic E-state index is 13.2. The molecule has 0 aliphatic carbocycles. The average molecular weight is 298 g/mol. The Morgan fingerprint density at radius 2 is 2.05 bits per heavy atom. The highest BCUT2D eigenvalue weighted by atomic mass is 19.3. The van der Waals surface area contributed by atoms with Crippen LogP contribution in [0.15, 0.2) is 12.1 Å². The number of rotatable bonds is 2. The van der Waals surface area contributed by atoms with Crippen LogP contribution in [0, 0.1) is 10.1 Å². The largest absolute Gasteiger partial charge is 0.490 e. The molecular weight excluding hydrogens is 282 g/mol. The molecule has 2 heterocycles. The molecule has 0 aromatic heterocycles. The van der Waals surface area contributed by atoms with Gasteiger partial charge in [0.1, 0.15) is 17.5 Å². The van der Waals surface area contributed by atoms with E-state index < -0.39 is 10.8 Å². The number of hydrogen-bond acceptors (Lipinski definition) is 4. The maximum atomic E-state index is 13.2. The van der Waals surface area contributed by atoms with Crippen LogP contribution in [-0.2, 0) is 6.42 Å². The SMILES string of the molecule is CC1Cc2cc([N+](=O)[O-])c(N3CCC(F)(F)CC3)cc2O1.